The zero-order valence-corrected chi connectivity index (χ0v) is 13.8. The van der Waals surface area contributed by atoms with Crippen molar-refractivity contribution in [2.45, 2.75) is 25.7 Å². The molecule has 0 atom stereocenters. The number of aromatic nitrogens is 1. The molecule has 5 heteroatoms. The number of aliphatic imine (C=N–C) groups is 2. The summed E-state index contributed by atoms with van der Waals surface area (Å²) >= 11 is 0. The fraction of sp³-hybridized carbons (Fsp3) is 0.200. The number of H-pyrrole nitrogens is 1. The van der Waals surface area contributed by atoms with E-state index in [1.54, 1.807) is 0 Å². The molecule has 25 heavy (non-hydrogen) atoms. The first-order valence-electron chi connectivity index (χ1n) is 8.61. The first-order valence-corrected chi connectivity index (χ1v) is 8.61. The highest BCUT2D eigenvalue weighted by molar-refractivity contribution is 5.99. The quantitative estimate of drug-likeness (QED) is 0.656. The molecule has 4 aliphatic rings. The lowest BCUT2D eigenvalue weighted by atomic mass is 10.2. The molecular formula is C20H18N5+. The topological polar surface area (TPSA) is 67.4 Å². The minimum Gasteiger partial charge on any atom is -0.355 e. The zero-order chi connectivity index (χ0) is 16.8. The van der Waals surface area contributed by atoms with Crippen LogP contribution in [0.15, 0.2) is 69.2 Å². The minimum atomic E-state index is 0.856. The van der Waals surface area contributed by atoms with E-state index >= 15 is 0 Å². The van der Waals surface area contributed by atoms with Crippen LogP contribution in [-0.4, -0.2) is 21.1 Å². The first kappa shape index (κ1) is 14.3. The van der Waals surface area contributed by atoms with Crippen molar-refractivity contribution >= 4 is 23.6 Å². The van der Waals surface area contributed by atoms with Gasteiger partial charge >= 0.3 is 0 Å². The average Bonchev–Trinajstić information content (AvgIpc) is 3.36. The van der Waals surface area contributed by atoms with Crippen molar-refractivity contribution in [2.75, 3.05) is 0 Å². The van der Waals surface area contributed by atoms with Gasteiger partial charge in [0, 0.05) is 58.5 Å². The Morgan fingerprint density at radius 1 is 0.760 bits per heavy atom. The predicted molar refractivity (Wildman–Crippen MR) is 98.4 cm³/mol. The standard InChI is InChI=1S/C20H18N5/c21-25-19-7-8-20(25)12-18-6-4-16(24-18)10-14-2-1-13(22-14)9-15-3-5-17(11-19)23-15/h1-2,7-12,21-22H,3-6H2/q+1/b13-9?,14-10?,15-9-,16-10-,17-11?,18-12?,19-11-,20-12-,25-21?. The predicted octanol–water partition coefficient (Wildman–Crippen LogP) is 4.56. The summed E-state index contributed by atoms with van der Waals surface area (Å²) in [7, 11) is 0. The molecule has 0 spiro atoms. The molecule has 0 aromatic carbocycles. The molecule has 0 radical (unpaired) electrons. The molecule has 5 heterocycles. The Kier molecular flexibility index (Phi) is 3.13. The molecular weight excluding hydrogens is 310 g/mol. The molecule has 4 aliphatic heterocycles. The van der Waals surface area contributed by atoms with Gasteiger partial charge in [0.1, 0.15) is 0 Å². The lowest BCUT2D eigenvalue weighted by Gasteiger charge is -1.94. The van der Waals surface area contributed by atoms with Gasteiger partial charge in [-0.2, -0.15) is 0 Å². The van der Waals surface area contributed by atoms with Crippen LogP contribution in [0.4, 0.5) is 0 Å². The van der Waals surface area contributed by atoms with Gasteiger partial charge in [-0.3, -0.25) is 9.98 Å². The van der Waals surface area contributed by atoms with Gasteiger partial charge in [-0.25, -0.2) is 0 Å². The van der Waals surface area contributed by atoms with E-state index < -0.39 is 0 Å². The largest absolute Gasteiger partial charge is 0.355 e. The van der Waals surface area contributed by atoms with Crippen LogP contribution in [0.2, 0.25) is 0 Å². The third kappa shape index (κ3) is 2.67. The molecule has 2 N–H and O–H groups in total. The first-order chi connectivity index (χ1) is 12.2. The average molecular weight is 328 g/mol. The lowest BCUT2D eigenvalue weighted by Crippen LogP contribution is -2.02. The van der Waals surface area contributed by atoms with Crippen LogP contribution < -0.4 is 0 Å². The smallest absolute Gasteiger partial charge is 0.240 e. The van der Waals surface area contributed by atoms with Crippen LogP contribution >= 0.6 is 0 Å². The van der Waals surface area contributed by atoms with Crippen LogP contribution in [-0.2, 0) is 0 Å². The van der Waals surface area contributed by atoms with Gasteiger partial charge in [-0.05, 0) is 55.5 Å². The molecule has 122 valence electrons. The van der Waals surface area contributed by atoms with Crippen molar-refractivity contribution in [2.24, 2.45) is 9.98 Å². The molecule has 8 bridgehead atoms. The maximum Gasteiger partial charge on any atom is 0.240 e. The second-order valence-corrected chi connectivity index (χ2v) is 6.65. The third-order valence-electron chi connectivity index (χ3n) is 4.79. The number of hydrogen-bond acceptors (Lipinski definition) is 3. The van der Waals surface area contributed by atoms with Crippen molar-refractivity contribution in [3.63, 3.8) is 0 Å². The van der Waals surface area contributed by atoms with Crippen LogP contribution in [0.3, 0.4) is 0 Å². The Morgan fingerprint density at radius 2 is 1.28 bits per heavy atom. The number of fused-ring (bicyclic) bond motifs is 6. The maximum absolute atomic E-state index is 8.35. The molecule has 5 rings (SSSR count). The SMILES string of the molecule is N=[N+]1/C2=C\C3=NC(=C\c4ccc([nH]4)/C=C4/CCC(=N4)/C=C\1C=C2)/CC3. The van der Waals surface area contributed by atoms with E-state index in [9.17, 15) is 0 Å². The van der Waals surface area contributed by atoms with Gasteiger partial charge < -0.3 is 4.98 Å². The van der Waals surface area contributed by atoms with Gasteiger partial charge in [0.15, 0.2) is 0 Å². The Bertz CT molecular complexity index is 928. The van der Waals surface area contributed by atoms with E-state index in [1.807, 2.05) is 24.3 Å². The van der Waals surface area contributed by atoms with E-state index in [1.165, 1.54) is 4.70 Å². The summed E-state index contributed by atoms with van der Waals surface area (Å²) in [4.78, 5) is 12.9. The Morgan fingerprint density at radius 3 is 1.80 bits per heavy atom. The summed E-state index contributed by atoms with van der Waals surface area (Å²) in [6.45, 7) is 0. The molecule has 1 aromatic heterocycles. The number of aromatic amines is 1. The van der Waals surface area contributed by atoms with Gasteiger partial charge in [-0.1, -0.05) is 4.70 Å². The normalized spacial score (nSPS) is 29.8. The fourth-order valence-electron chi connectivity index (χ4n) is 3.52. The summed E-state index contributed by atoms with van der Waals surface area (Å²) < 4.78 is 1.47. The summed E-state index contributed by atoms with van der Waals surface area (Å²) in [5.74, 6) is 0. The van der Waals surface area contributed by atoms with E-state index in [0.717, 1.165) is 71.3 Å². The molecule has 0 amide bonds. The maximum atomic E-state index is 8.35. The molecule has 1 aromatic rings. The minimum absolute atomic E-state index is 0.856. The third-order valence-corrected chi connectivity index (χ3v) is 4.79. The van der Waals surface area contributed by atoms with Gasteiger partial charge in [0.2, 0.25) is 11.4 Å². The second-order valence-electron chi connectivity index (χ2n) is 6.65. The number of nitrogens with zero attached hydrogens (tertiary/aromatic N) is 3. The second kappa shape index (κ2) is 5.48. The summed E-state index contributed by atoms with van der Waals surface area (Å²) in [6.07, 6.45) is 15.9. The lowest BCUT2D eigenvalue weighted by molar-refractivity contribution is -0.504. The molecule has 0 unspecified atom stereocenters. The van der Waals surface area contributed by atoms with Crippen molar-refractivity contribution in [3.8, 4) is 0 Å². The number of allylic oxidation sites excluding steroid dienone is 6. The molecule has 0 saturated carbocycles. The van der Waals surface area contributed by atoms with Crippen molar-refractivity contribution < 1.29 is 4.70 Å². The van der Waals surface area contributed by atoms with Gasteiger partial charge in [0.05, 0.1) is 0 Å². The highest BCUT2D eigenvalue weighted by Crippen LogP contribution is 2.27. The Hall–Kier alpha value is -3.08. The van der Waals surface area contributed by atoms with Gasteiger partial charge in [0.25, 0.3) is 0 Å². The summed E-state index contributed by atoms with van der Waals surface area (Å²) in [5, 5.41) is 0. The van der Waals surface area contributed by atoms with Gasteiger partial charge in [-0.15, -0.1) is 0 Å². The van der Waals surface area contributed by atoms with Crippen LogP contribution in [0.25, 0.3) is 12.2 Å². The number of nitrogens with one attached hydrogen (secondary N) is 2. The number of rotatable bonds is 0. The Balaban J connectivity index is 1.65. The van der Waals surface area contributed by atoms with E-state index in [-0.39, 0.29) is 0 Å². The fourth-order valence-corrected chi connectivity index (χ4v) is 3.52. The Labute approximate surface area is 145 Å². The highest BCUT2D eigenvalue weighted by atomic mass is 15.2. The van der Waals surface area contributed by atoms with Crippen LogP contribution in [0.5, 0.6) is 0 Å². The molecule has 0 aliphatic carbocycles. The monoisotopic (exact) mass is 328 g/mol. The molecule has 5 nitrogen and oxygen atoms in total. The molecule has 0 fully saturated rings. The van der Waals surface area contributed by atoms with E-state index in [0.29, 0.717) is 0 Å². The summed E-state index contributed by atoms with van der Waals surface area (Å²) in [6, 6.07) is 4.17. The number of hydrogen-bond donors (Lipinski definition) is 2. The highest BCUT2D eigenvalue weighted by Gasteiger charge is 2.26. The van der Waals surface area contributed by atoms with E-state index in [4.69, 9.17) is 15.5 Å². The van der Waals surface area contributed by atoms with Crippen molar-refractivity contribution in [1.82, 2.24) is 4.98 Å². The van der Waals surface area contributed by atoms with Crippen LogP contribution in [0, 0.1) is 5.53 Å². The van der Waals surface area contributed by atoms with Crippen LogP contribution in [0.1, 0.15) is 37.1 Å². The van der Waals surface area contributed by atoms with Crippen molar-refractivity contribution in [3.05, 3.63) is 70.6 Å². The van der Waals surface area contributed by atoms with Crippen molar-refractivity contribution in [1.29, 1.82) is 5.53 Å². The zero-order valence-electron chi connectivity index (χ0n) is 13.8. The van der Waals surface area contributed by atoms with E-state index in [2.05, 4.69) is 29.3 Å². The molecule has 0 saturated heterocycles. The summed E-state index contributed by atoms with van der Waals surface area (Å²) in [5.41, 5.74) is 16.4.